The van der Waals surface area contributed by atoms with Crippen molar-refractivity contribution in [3.05, 3.63) is 24.3 Å². The van der Waals surface area contributed by atoms with Crippen LogP contribution < -0.4 is 0 Å². The first kappa shape index (κ1) is 9.20. The topological polar surface area (TPSA) is 37.3 Å². The van der Waals surface area contributed by atoms with E-state index in [4.69, 9.17) is 0 Å². The van der Waals surface area contributed by atoms with Gasteiger partial charge in [0.25, 0.3) is 0 Å². The Morgan fingerprint density at radius 2 is 2.25 bits per heavy atom. The van der Waals surface area contributed by atoms with Crippen molar-refractivity contribution in [2.75, 3.05) is 0 Å². The quantitative estimate of drug-likeness (QED) is 0.596. The number of aldehydes is 1. The van der Waals surface area contributed by atoms with Crippen LogP contribution in [-0.4, -0.2) is 17.5 Å². The zero-order chi connectivity index (χ0) is 9.35. The molecule has 0 fully saturated rings. The maximum Gasteiger partial charge on any atom is 0.128 e. The molecule has 0 aromatic carbocycles. The van der Waals surface area contributed by atoms with Gasteiger partial charge in [-0.15, -0.1) is 0 Å². The van der Waals surface area contributed by atoms with Gasteiger partial charge in [0.15, 0.2) is 0 Å². The number of carbonyl (C=O) groups excluding carboxylic acids is 1. The van der Waals surface area contributed by atoms with Gasteiger partial charge >= 0.3 is 0 Å². The number of hydrogen-bond donors (Lipinski definition) is 1. The van der Waals surface area contributed by atoms with Crippen LogP contribution in [0.3, 0.4) is 0 Å². The van der Waals surface area contributed by atoms with Crippen LogP contribution in [0.25, 0.3) is 0 Å². The van der Waals surface area contributed by atoms with Crippen LogP contribution in [0, 0.1) is 11.3 Å². The minimum absolute atomic E-state index is 0.266. The molecule has 0 bridgehead atoms. The van der Waals surface area contributed by atoms with Gasteiger partial charge < -0.3 is 9.90 Å². The van der Waals surface area contributed by atoms with Gasteiger partial charge in [-0.2, -0.15) is 0 Å². The Labute approximate surface area is 72.6 Å². The van der Waals surface area contributed by atoms with E-state index in [0.717, 1.165) is 11.9 Å². The summed E-state index contributed by atoms with van der Waals surface area (Å²) in [6.45, 7) is 7.50. The van der Waals surface area contributed by atoms with E-state index in [1.54, 1.807) is 12.2 Å². The van der Waals surface area contributed by atoms with Crippen molar-refractivity contribution in [2.24, 2.45) is 11.3 Å². The Hall–Kier alpha value is -0.890. The molecule has 1 rings (SSSR count). The second-order valence-corrected chi connectivity index (χ2v) is 3.81. The highest BCUT2D eigenvalue weighted by molar-refractivity contribution is 5.63. The zero-order valence-electron chi connectivity index (χ0n) is 7.45. The van der Waals surface area contributed by atoms with E-state index in [-0.39, 0.29) is 5.92 Å². The van der Waals surface area contributed by atoms with E-state index in [1.165, 1.54) is 0 Å². The van der Waals surface area contributed by atoms with Gasteiger partial charge in [0.05, 0.1) is 6.10 Å². The van der Waals surface area contributed by atoms with Gasteiger partial charge in [-0.05, 0) is 5.57 Å². The first-order valence-corrected chi connectivity index (χ1v) is 4.00. The first-order valence-electron chi connectivity index (χ1n) is 4.00. The predicted molar refractivity (Wildman–Crippen MR) is 47.6 cm³/mol. The first-order chi connectivity index (χ1) is 5.50. The third-order valence-corrected chi connectivity index (χ3v) is 2.59. The molecule has 0 aromatic rings. The minimum atomic E-state index is -0.557. The molecule has 0 unspecified atom stereocenters. The molecule has 2 heteroatoms. The molecule has 1 aliphatic carbocycles. The van der Waals surface area contributed by atoms with Crippen molar-refractivity contribution in [1.29, 1.82) is 0 Å². The fraction of sp³-hybridized carbons (Fsp3) is 0.500. The molecule has 2 nitrogen and oxygen atoms in total. The van der Waals surface area contributed by atoms with Crippen molar-refractivity contribution in [1.82, 2.24) is 0 Å². The number of rotatable bonds is 1. The molecule has 0 saturated heterocycles. The summed E-state index contributed by atoms with van der Waals surface area (Å²) in [6, 6.07) is 0. The maximum atomic E-state index is 10.7. The molecule has 0 aliphatic heterocycles. The van der Waals surface area contributed by atoms with Crippen LogP contribution in [0.1, 0.15) is 13.8 Å². The van der Waals surface area contributed by atoms with Gasteiger partial charge in [0.2, 0.25) is 0 Å². The maximum absolute atomic E-state index is 10.7. The van der Waals surface area contributed by atoms with Crippen molar-refractivity contribution in [3.63, 3.8) is 0 Å². The van der Waals surface area contributed by atoms with Gasteiger partial charge in [-0.3, -0.25) is 0 Å². The van der Waals surface area contributed by atoms with E-state index < -0.39 is 11.5 Å². The number of aliphatic hydroxyl groups excluding tert-OH is 1. The Morgan fingerprint density at radius 1 is 1.67 bits per heavy atom. The standard InChI is InChI=1S/C10H14O2/c1-7-4-5-9(12)10(2,3)8(7)6-11/h4-6,8-9,12H,1H2,2-3H3/t8-,9+/m1/s1. The second kappa shape index (κ2) is 2.87. The molecule has 0 radical (unpaired) electrons. The average molecular weight is 166 g/mol. The summed E-state index contributed by atoms with van der Waals surface area (Å²) < 4.78 is 0. The summed E-state index contributed by atoms with van der Waals surface area (Å²) in [5, 5.41) is 9.57. The monoisotopic (exact) mass is 166 g/mol. The summed E-state index contributed by atoms with van der Waals surface area (Å²) in [6.07, 6.45) is 3.70. The number of allylic oxidation sites excluding steroid dienone is 2. The third kappa shape index (κ3) is 1.23. The van der Waals surface area contributed by atoms with E-state index >= 15 is 0 Å². The van der Waals surface area contributed by atoms with Crippen molar-refractivity contribution < 1.29 is 9.90 Å². The predicted octanol–water partition coefficient (Wildman–Crippen LogP) is 1.31. The van der Waals surface area contributed by atoms with Crippen LogP contribution in [0.5, 0.6) is 0 Å². The molecule has 66 valence electrons. The molecule has 1 aliphatic rings. The van der Waals surface area contributed by atoms with Gasteiger partial charge in [-0.1, -0.05) is 32.6 Å². The average Bonchev–Trinajstić information content (AvgIpc) is 1.98. The lowest BCUT2D eigenvalue weighted by molar-refractivity contribution is -0.114. The molecule has 0 heterocycles. The van der Waals surface area contributed by atoms with Gasteiger partial charge in [0, 0.05) is 11.3 Å². The molecule has 0 spiro atoms. The molecule has 0 aromatic heterocycles. The van der Waals surface area contributed by atoms with Crippen molar-refractivity contribution in [3.8, 4) is 0 Å². The van der Waals surface area contributed by atoms with E-state index in [9.17, 15) is 9.90 Å². The third-order valence-electron chi connectivity index (χ3n) is 2.59. The fourth-order valence-corrected chi connectivity index (χ4v) is 1.49. The highest BCUT2D eigenvalue weighted by atomic mass is 16.3. The fourth-order valence-electron chi connectivity index (χ4n) is 1.49. The van der Waals surface area contributed by atoms with Gasteiger partial charge in [0.1, 0.15) is 6.29 Å². The Balaban J connectivity index is 3.05. The van der Waals surface area contributed by atoms with Crippen LogP contribution >= 0.6 is 0 Å². The lowest BCUT2D eigenvalue weighted by Gasteiger charge is -2.37. The Kier molecular flexibility index (Phi) is 2.20. The highest BCUT2D eigenvalue weighted by Crippen LogP contribution is 2.38. The van der Waals surface area contributed by atoms with Crippen LogP contribution in [-0.2, 0) is 4.79 Å². The summed E-state index contributed by atoms with van der Waals surface area (Å²) in [4.78, 5) is 10.7. The lowest BCUT2D eigenvalue weighted by atomic mass is 9.69. The zero-order valence-corrected chi connectivity index (χ0v) is 7.45. The van der Waals surface area contributed by atoms with E-state index in [0.29, 0.717) is 0 Å². The lowest BCUT2D eigenvalue weighted by Crippen LogP contribution is -2.39. The highest BCUT2D eigenvalue weighted by Gasteiger charge is 2.38. The van der Waals surface area contributed by atoms with E-state index in [2.05, 4.69) is 6.58 Å². The number of aliphatic hydroxyl groups is 1. The second-order valence-electron chi connectivity index (χ2n) is 3.81. The summed E-state index contributed by atoms with van der Waals surface area (Å²) in [5.41, 5.74) is 0.355. The smallest absolute Gasteiger partial charge is 0.128 e. The summed E-state index contributed by atoms with van der Waals surface area (Å²) in [5.74, 6) is -0.266. The molecule has 1 N–H and O–H groups in total. The van der Waals surface area contributed by atoms with Crippen LogP contribution in [0.15, 0.2) is 24.3 Å². The van der Waals surface area contributed by atoms with Gasteiger partial charge in [-0.25, -0.2) is 0 Å². The molecule has 0 amide bonds. The van der Waals surface area contributed by atoms with Crippen LogP contribution in [0.2, 0.25) is 0 Å². The molecular weight excluding hydrogens is 152 g/mol. The number of carbonyl (C=O) groups is 1. The van der Waals surface area contributed by atoms with Crippen molar-refractivity contribution >= 4 is 6.29 Å². The molecule has 12 heavy (non-hydrogen) atoms. The van der Waals surface area contributed by atoms with Crippen LogP contribution in [0.4, 0.5) is 0 Å². The largest absolute Gasteiger partial charge is 0.388 e. The molecule has 2 atom stereocenters. The van der Waals surface area contributed by atoms with Crippen molar-refractivity contribution in [2.45, 2.75) is 20.0 Å². The SMILES string of the molecule is C=C1C=C[C@H](O)C(C)(C)[C@@H]1C=O. The molecular formula is C10H14O2. The normalized spacial score (nSPS) is 33.4. The Morgan fingerprint density at radius 3 is 2.67 bits per heavy atom. The summed E-state index contributed by atoms with van der Waals surface area (Å²) in [7, 11) is 0. The van der Waals surface area contributed by atoms with E-state index in [1.807, 2.05) is 13.8 Å². The molecule has 0 saturated carbocycles. The minimum Gasteiger partial charge on any atom is -0.388 e. The number of hydrogen-bond acceptors (Lipinski definition) is 2. The Bertz CT molecular complexity index is 238. The summed E-state index contributed by atoms with van der Waals surface area (Å²) >= 11 is 0.